The summed E-state index contributed by atoms with van der Waals surface area (Å²) in [6, 6.07) is 3.15. The Kier molecular flexibility index (Phi) is 3.88. The van der Waals surface area contributed by atoms with Crippen LogP contribution in [0.3, 0.4) is 0 Å². The van der Waals surface area contributed by atoms with Gasteiger partial charge in [-0.05, 0) is 37.5 Å². The summed E-state index contributed by atoms with van der Waals surface area (Å²) in [5.74, 6) is -2.51. The first-order valence-electron chi connectivity index (χ1n) is 6.15. The van der Waals surface area contributed by atoms with Crippen molar-refractivity contribution < 1.29 is 24.6 Å². The first kappa shape index (κ1) is 13.9. The molecule has 0 atom stereocenters. The average molecular weight is 278 g/mol. The van der Waals surface area contributed by atoms with Crippen molar-refractivity contribution in [2.75, 3.05) is 5.32 Å². The molecule has 1 aromatic rings. The number of carboxylic acid groups (broad SMARTS) is 2. The summed E-state index contributed by atoms with van der Waals surface area (Å²) in [5.41, 5.74) is -0.244. The SMILES string of the molecule is O=C(Nc1cc(C(=O)O)cc(C(=O)O)c1)NC1CCC1. The van der Waals surface area contributed by atoms with E-state index >= 15 is 0 Å². The van der Waals surface area contributed by atoms with Crippen LogP contribution >= 0.6 is 0 Å². The summed E-state index contributed by atoms with van der Waals surface area (Å²) in [4.78, 5) is 33.5. The predicted molar refractivity (Wildman–Crippen MR) is 70.2 cm³/mol. The zero-order valence-electron chi connectivity index (χ0n) is 10.5. The third-order valence-electron chi connectivity index (χ3n) is 3.13. The van der Waals surface area contributed by atoms with Gasteiger partial charge in [0.25, 0.3) is 0 Å². The van der Waals surface area contributed by atoms with E-state index in [0.29, 0.717) is 0 Å². The fraction of sp³-hybridized carbons (Fsp3) is 0.308. The smallest absolute Gasteiger partial charge is 0.335 e. The van der Waals surface area contributed by atoms with E-state index in [0.717, 1.165) is 25.3 Å². The van der Waals surface area contributed by atoms with Gasteiger partial charge in [-0.2, -0.15) is 0 Å². The van der Waals surface area contributed by atoms with Crippen molar-refractivity contribution in [1.29, 1.82) is 0 Å². The van der Waals surface area contributed by atoms with Crippen molar-refractivity contribution in [2.45, 2.75) is 25.3 Å². The number of nitrogens with one attached hydrogen (secondary N) is 2. The van der Waals surface area contributed by atoms with Crippen molar-refractivity contribution in [2.24, 2.45) is 0 Å². The molecule has 20 heavy (non-hydrogen) atoms. The van der Waals surface area contributed by atoms with E-state index in [2.05, 4.69) is 10.6 Å². The quantitative estimate of drug-likeness (QED) is 0.669. The highest BCUT2D eigenvalue weighted by atomic mass is 16.4. The zero-order valence-corrected chi connectivity index (χ0v) is 10.5. The molecule has 1 fully saturated rings. The molecule has 0 saturated heterocycles. The van der Waals surface area contributed by atoms with Crippen LogP contribution in [0.5, 0.6) is 0 Å². The molecule has 1 aliphatic rings. The van der Waals surface area contributed by atoms with Gasteiger partial charge in [-0.15, -0.1) is 0 Å². The summed E-state index contributed by atoms with van der Waals surface area (Å²) in [7, 11) is 0. The molecular weight excluding hydrogens is 264 g/mol. The predicted octanol–water partition coefficient (Wildman–Crippen LogP) is 1.76. The summed E-state index contributed by atoms with van der Waals surface area (Å²) >= 11 is 0. The third-order valence-corrected chi connectivity index (χ3v) is 3.13. The van der Waals surface area contributed by atoms with E-state index in [4.69, 9.17) is 10.2 Å². The Hall–Kier alpha value is -2.57. The highest BCUT2D eigenvalue weighted by Crippen LogP contribution is 2.19. The largest absolute Gasteiger partial charge is 0.478 e. The maximum Gasteiger partial charge on any atom is 0.335 e. The summed E-state index contributed by atoms with van der Waals surface area (Å²) < 4.78 is 0. The van der Waals surface area contributed by atoms with E-state index < -0.39 is 18.0 Å². The van der Waals surface area contributed by atoms with Crippen molar-refractivity contribution in [3.05, 3.63) is 29.3 Å². The maximum absolute atomic E-state index is 11.7. The molecule has 0 aliphatic heterocycles. The Balaban J connectivity index is 2.14. The van der Waals surface area contributed by atoms with Crippen molar-refractivity contribution in [3.63, 3.8) is 0 Å². The normalized spacial score (nSPS) is 14.2. The van der Waals surface area contributed by atoms with Crippen molar-refractivity contribution in [1.82, 2.24) is 5.32 Å². The number of aromatic carboxylic acids is 2. The van der Waals surface area contributed by atoms with Crippen LogP contribution in [-0.4, -0.2) is 34.2 Å². The monoisotopic (exact) mass is 278 g/mol. The highest BCUT2D eigenvalue weighted by Gasteiger charge is 2.20. The number of anilines is 1. The molecule has 0 radical (unpaired) electrons. The van der Waals surface area contributed by atoms with Crippen molar-refractivity contribution in [3.8, 4) is 0 Å². The molecule has 2 amide bonds. The van der Waals surface area contributed by atoms with Crippen LogP contribution in [0.2, 0.25) is 0 Å². The lowest BCUT2D eigenvalue weighted by molar-refractivity contribution is 0.0696. The number of benzene rings is 1. The Labute approximate surface area is 114 Å². The van der Waals surface area contributed by atoms with Gasteiger partial charge >= 0.3 is 18.0 Å². The topological polar surface area (TPSA) is 116 Å². The molecule has 7 nitrogen and oxygen atoms in total. The number of hydrogen-bond donors (Lipinski definition) is 4. The van der Waals surface area contributed by atoms with Gasteiger partial charge in [0, 0.05) is 11.7 Å². The second-order valence-corrected chi connectivity index (χ2v) is 4.64. The second kappa shape index (κ2) is 5.60. The standard InChI is InChI=1S/C13H14N2O5/c16-11(17)7-4-8(12(18)19)6-10(5-7)15-13(20)14-9-2-1-3-9/h4-6,9H,1-3H2,(H,16,17)(H,18,19)(H2,14,15,20). The molecule has 0 aromatic heterocycles. The van der Waals surface area contributed by atoms with Gasteiger partial charge in [-0.1, -0.05) is 0 Å². The molecule has 1 aliphatic carbocycles. The summed E-state index contributed by atoms with van der Waals surface area (Å²) in [6.45, 7) is 0. The molecule has 0 heterocycles. The Morgan fingerprint density at radius 3 is 1.95 bits per heavy atom. The number of carboxylic acids is 2. The molecule has 2 rings (SSSR count). The van der Waals surface area contributed by atoms with Crippen LogP contribution in [-0.2, 0) is 0 Å². The zero-order chi connectivity index (χ0) is 14.7. The minimum atomic E-state index is -1.25. The van der Waals surface area contributed by atoms with E-state index in [9.17, 15) is 14.4 Å². The number of carbonyl (C=O) groups is 3. The first-order valence-corrected chi connectivity index (χ1v) is 6.15. The van der Waals surface area contributed by atoms with Gasteiger partial charge in [0.2, 0.25) is 0 Å². The molecule has 7 heteroatoms. The first-order chi connectivity index (χ1) is 9.45. The van der Waals surface area contributed by atoms with E-state index in [1.165, 1.54) is 12.1 Å². The minimum absolute atomic E-state index is 0.136. The summed E-state index contributed by atoms with van der Waals surface area (Å²) in [5, 5.41) is 23.0. The fourth-order valence-corrected chi connectivity index (χ4v) is 1.85. The number of amides is 2. The number of urea groups is 1. The van der Waals surface area contributed by atoms with Gasteiger partial charge in [0.1, 0.15) is 0 Å². The van der Waals surface area contributed by atoms with Crippen molar-refractivity contribution >= 4 is 23.7 Å². The Bertz CT molecular complexity index is 534. The van der Waals surface area contributed by atoms with Gasteiger partial charge < -0.3 is 20.8 Å². The number of hydrogen-bond acceptors (Lipinski definition) is 3. The lowest BCUT2D eigenvalue weighted by Gasteiger charge is -2.26. The van der Waals surface area contributed by atoms with Gasteiger partial charge in [-0.3, -0.25) is 0 Å². The van der Waals surface area contributed by atoms with Gasteiger partial charge in [0.15, 0.2) is 0 Å². The highest BCUT2D eigenvalue weighted by molar-refractivity contribution is 5.98. The maximum atomic E-state index is 11.7. The number of rotatable bonds is 4. The molecule has 0 unspecified atom stereocenters. The summed E-state index contributed by atoms with van der Waals surface area (Å²) in [6.07, 6.45) is 2.91. The fourth-order valence-electron chi connectivity index (χ4n) is 1.85. The lowest BCUT2D eigenvalue weighted by atomic mass is 9.93. The van der Waals surface area contributed by atoms with E-state index in [-0.39, 0.29) is 22.9 Å². The van der Waals surface area contributed by atoms with Crippen LogP contribution in [0.1, 0.15) is 40.0 Å². The molecular formula is C13H14N2O5. The molecule has 0 bridgehead atoms. The van der Waals surface area contributed by atoms with Crippen LogP contribution < -0.4 is 10.6 Å². The van der Waals surface area contributed by atoms with E-state index in [1.54, 1.807) is 0 Å². The van der Waals surface area contributed by atoms with Crippen LogP contribution in [0.4, 0.5) is 10.5 Å². The van der Waals surface area contributed by atoms with Gasteiger partial charge in [0.05, 0.1) is 11.1 Å². The molecule has 1 aromatic carbocycles. The molecule has 0 spiro atoms. The van der Waals surface area contributed by atoms with Crippen LogP contribution in [0.15, 0.2) is 18.2 Å². The Morgan fingerprint density at radius 2 is 1.55 bits per heavy atom. The minimum Gasteiger partial charge on any atom is -0.478 e. The second-order valence-electron chi connectivity index (χ2n) is 4.64. The van der Waals surface area contributed by atoms with Crippen LogP contribution in [0, 0.1) is 0 Å². The molecule has 4 N–H and O–H groups in total. The lowest BCUT2D eigenvalue weighted by Crippen LogP contribution is -2.41. The number of carbonyl (C=O) groups excluding carboxylic acids is 1. The third kappa shape index (κ3) is 3.25. The van der Waals surface area contributed by atoms with Gasteiger partial charge in [-0.25, -0.2) is 14.4 Å². The molecule has 106 valence electrons. The van der Waals surface area contributed by atoms with E-state index in [1.807, 2.05) is 0 Å². The van der Waals surface area contributed by atoms with Crippen LogP contribution in [0.25, 0.3) is 0 Å². The molecule has 1 saturated carbocycles. The average Bonchev–Trinajstić information content (AvgIpc) is 2.33. The Morgan fingerprint density at radius 1 is 1.00 bits per heavy atom.